The van der Waals surface area contributed by atoms with Gasteiger partial charge in [0.05, 0.1) is 17.9 Å². The lowest BCUT2D eigenvalue weighted by Crippen LogP contribution is -2.41. The van der Waals surface area contributed by atoms with E-state index in [-0.39, 0.29) is 11.4 Å². The van der Waals surface area contributed by atoms with Crippen LogP contribution in [-0.2, 0) is 21.9 Å². The molecule has 0 bridgehead atoms. The number of aryl methyl sites for hydroxylation is 2. The molecule has 4 aromatic rings. The molecule has 0 saturated carbocycles. The van der Waals surface area contributed by atoms with Crippen LogP contribution in [-0.4, -0.2) is 36.9 Å². The van der Waals surface area contributed by atoms with Gasteiger partial charge in [0, 0.05) is 30.7 Å². The fourth-order valence-electron chi connectivity index (χ4n) is 5.93. The number of hydrogen-bond donors (Lipinski definition) is 0. The number of benzene rings is 3. The lowest BCUT2D eigenvalue weighted by Gasteiger charge is -2.28. The van der Waals surface area contributed by atoms with E-state index in [1.807, 2.05) is 73.3 Å². The van der Waals surface area contributed by atoms with Gasteiger partial charge < -0.3 is 9.30 Å². The van der Waals surface area contributed by atoms with Crippen LogP contribution in [0.4, 0.5) is 0 Å². The van der Waals surface area contributed by atoms with E-state index in [0.29, 0.717) is 12.2 Å². The largest absolute Gasteiger partial charge is 0.497 e. The second kappa shape index (κ2) is 15.9. The second-order valence-corrected chi connectivity index (χ2v) is 13.7. The second-order valence-electron chi connectivity index (χ2n) is 11.8. The van der Waals surface area contributed by atoms with Crippen molar-refractivity contribution in [3.63, 3.8) is 0 Å². The maximum absolute atomic E-state index is 14.7. The number of sulfonamides is 1. The van der Waals surface area contributed by atoms with Crippen molar-refractivity contribution < 1.29 is 17.9 Å². The number of carbonyl (C=O) groups is 1. The van der Waals surface area contributed by atoms with Crippen LogP contribution in [0, 0.1) is 6.92 Å². The number of carbonyl (C=O) groups excluding carboxylic acids is 1. The molecule has 0 aliphatic heterocycles. The van der Waals surface area contributed by atoms with E-state index >= 15 is 0 Å². The number of unbranched alkanes of at least 4 members (excludes halogenated alkanes) is 9. The summed E-state index contributed by atoms with van der Waals surface area (Å²) in [5, 5.41) is 0.927. The molecule has 1 heterocycles. The van der Waals surface area contributed by atoms with Crippen molar-refractivity contribution in [2.24, 2.45) is 7.05 Å². The van der Waals surface area contributed by atoms with E-state index in [1.54, 1.807) is 31.4 Å². The first-order valence-electron chi connectivity index (χ1n) is 16.1. The molecule has 0 N–H and O–H groups in total. The van der Waals surface area contributed by atoms with Gasteiger partial charge in [-0.1, -0.05) is 113 Å². The Hall–Kier alpha value is -3.58. The number of rotatable bonds is 17. The van der Waals surface area contributed by atoms with Crippen molar-refractivity contribution in [1.29, 1.82) is 0 Å². The fraction of sp³-hybridized carbons (Fsp3) is 0.432. The summed E-state index contributed by atoms with van der Waals surface area (Å²) in [6.45, 7) is 4.29. The molecule has 0 radical (unpaired) electrons. The topological polar surface area (TPSA) is 68.6 Å². The average molecular weight is 617 g/mol. The number of aromatic nitrogens is 1. The van der Waals surface area contributed by atoms with Crippen molar-refractivity contribution in [2.75, 3.05) is 13.7 Å². The van der Waals surface area contributed by atoms with Crippen molar-refractivity contribution in [2.45, 2.75) is 88.9 Å². The third-order valence-corrected chi connectivity index (χ3v) is 10.3. The van der Waals surface area contributed by atoms with Crippen molar-refractivity contribution in [3.8, 4) is 5.75 Å². The van der Waals surface area contributed by atoms with Crippen LogP contribution in [0.5, 0.6) is 5.75 Å². The first-order chi connectivity index (χ1) is 21.3. The van der Waals surface area contributed by atoms with E-state index in [1.165, 1.54) is 38.5 Å². The molecule has 1 unspecified atom stereocenters. The number of hydrogen-bond acceptors (Lipinski definition) is 4. The zero-order valence-electron chi connectivity index (χ0n) is 26.8. The summed E-state index contributed by atoms with van der Waals surface area (Å²) in [5.74, 6) is -0.578. The Bertz CT molecular complexity index is 1590. The first-order valence-corrected chi connectivity index (χ1v) is 17.5. The first kappa shape index (κ1) is 33.3. The standard InChI is InChI=1S/C37H48N2O4S/c1-5-6-7-8-9-10-11-12-13-16-27-39(44(41,42)32-25-19-29(2)20-26-32)37(40)36(30-21-23-31(43-4)24-22-30)34-28-38(3)35-18-15-14-17-33(34)35/h14-15,17-26,28,36H,5-13,16,27H2,1-4H3. The molecule has 0 saturated heterocycles. The highest BCUT2D eigenvalue weighted by Crippen LogP contribution is 2.36. The number of nitrogens with zero attached hydrogens (tertiary/aromatic N) is 2. The van der Waals surface area contributed by atoms with E-state index in [2.05, 4.69) is 6.92 Å². The molecule has 6 nitrogen and oxygen atoms in total. The minimum Gasteiger partial charge on any atom is -0.497 e. The monoisotopic (exact) mass is 616 g/mol. The molecule has 0 spiro atoms. The molecule has 44 heavy (non-hydrogen) atoms. The summed E-state index contributed by atoms with van der Waals surface area (Å²) >= 11 is 0. The Balaban J connectivity index is 1.65. The number of methoxy groups -OCH3 is 1. The highest BCUT2D eigenvalue weighted by Gasteiger charge is 2.36. The summed E-state index contributed by atoms with van der Waals surface area (Å²) in [6, 6.07) is 22.1. The Morgan fingerprint density at radius 2 is 1.41 bits per heavy atom. The lowest BCUT2D eigenvalue weighted by molar-refractivity contribution is -0.127. The van der Waals surface area contributed by atoms with Crippen LogP contribution in [0.2, 0.25) is 0 Å². The molecule has 1 amide bonds. The molecule has 1 atom stereocenters. The normalized spacial score (nSPS) is 12.4. The highest BCUT2D eigenvalue weighted by atomic mass is 32.2. The zero-order chi connectivity index (χ0) is 31.5. The molecule has 0 aliphatic rings. The van der Waals surface area contributed by atoms with Gasteiger partial charge >= 0.3 is 0 Å². The van der Waals surface area contributed by atoms with Gasteiger partial charge in [-0.25, -0.2) is 12.7 Å². The predicted octanol–water partition coefficient (Wildman–Crippen LogP) is 8.77. The number of fused-ring (bicyclic) bond motifs is 1. The van der Waals surface area contributed by atoms with Gasteiger partial charge in [0.1, 0.15) is 5.75 Å². The van der Waals surface area contributed by atoms with E-state index in [4.69, 9.17) is 4.74 Å². The summed E-state index contributed by atoms with van der Waals surface area (Å²) in [6.07, 6.45) is 13.2. The number of para-hydroxylation sites is 1. The van der Waals surface area contributed by atoms with Gasteiger partial charge in [-0.05, 0) is 54.8 Å². The molecular weight excluding hydrogens is 568 g/mol. The molecule has 3 aromatic carbocycles. The van der Waals surface area contributed by atoms with Crippen molar-refractivity contribution in [1.82, 2.24) is 8.87 Å². The smallest absolute Gasteiger partial charge is 0.266 e. The number of ether oxygens (including phenoxy) is 1. The van der Waals surface area contributed by atoms with Gasteiger partial charge in [0.15, 0.2) is 0 Å². The number of amides is 1. The summed E-state index contributed by atoms with van der Waals surface area (Å²) in [7, 11) is -0.543. The molecule has 1 aromatic heterocycles. The molecule has 4 rings (SSSR count). The maximum atomic E-state index is 14.7. The lowest BCUT2D eigenvalue weighted by atomic mass is 9.90. The van der Waals surface area contributed by atoms with Gasteiger partial charge in [-0.3, -0.25) is 4.79 Å². The van der Waals surface area contributed by atoms with Gasteiger partial charge in [-0.15, -0.1) is 0 Å². The Labute approximate surface area is 264 Å². The highest BCUT2D eigenvalue weighted by molar-refractivity contribution is 7.89. The summed E-state index contributed by atoms with van der Waals surface area (Å²) in [5.41, 5.74) is 3.45. The molecule has 0 fully saturated rings. The minimum atomic E-state index is -4.10. The molecule has 236 valence electrons. The third kappa shape index (κ3) is 8.12. The maximum Gasteiger partial charge on any atom is 0.266 e. The molecular formula is C37H48N2O4S. The van der Waals surface area contributed by atoms with Crippen LogP contribution in [0.3, 0.4) is 0 Å². The van der Waals surface area contributed by atoms with Crippen LogP contribution >= 0.6 is 0 Å². The Kier molecular flexibility index (Phi) is 12.1. The SMILES string of the molecule is CCCCCCCCCCCCN(C(=O)C(c1ccc(OC)cc1)c1cn(C)c2ccccc12)S(=O)(=O)c1ccc(C)cc1. The average Bonchev–Trinajstić information content (AvgIpc) is 3.36. The summed E-state index contributed by atoms with van der Waals surface area (Å²) < 4.78 is 36.9. The van der Waals surface area contributed by atoms with E-state index < -0.39 is 21.8 Å². The molecule has 0 aliphatic carbocycles. The Morgan fingerprint density at radius 3 is 2.02 bits per heavy atom. The van der Waals surface area contributed by atoms with Crippen LogP contribution in [0.25, 0.3) is 10.9 Å². The van der Waals surface area contributed by atoms with Gasteiger partial charge in [0.25, 0.3) is 10.0 Å². The van der Waals surface area contributed by atoms with E-state index in [0.717, 1.165) is 51.2 Å². The fourth-order valence-corrected chi connectivity index (χ4v) is 7.37. The predicted molar refractivity (Wildman–Crippen MR) is 180 cm³/mol. The Morgan fingerprint density at radius 1 is 0.818 bits per heavy atom. The third-order valence-electron chi connectivity index (χ3n) is 8.50. The van der Waals surface area contributed by atoms with Crippen LogP contribution in [0.15, 0.2) is 83.9 Å². The van der Waals surface area contributed by atoms with Crippen molar-refractivity contribution >= 4 is 26.8 Å². The summed E-state index contributed by atoms with van der Waals surface area (Å²) in [4.78, 5) is 14.9. The minimum absolute atomic E-state index is 0.134. The quantitative estimate of drug-likeness (QED) is 0.111. The van der Waals surface area contributed by atoms with Gasteiger partial charge in [0.2, 0.25) is 5.91 Å². The van der Waals surface area contributed by atoms with Crippen molar-refractivity contribution in [3.05, 3.63) is 95.7 Å². The van der Waals surface area contributed by atoms with Gasteiger partial charge in [-0.2, -0.15) is 0 Å². The van der Waals surface area contributed by atoms with E-state index in [9.17, 15) is 13.2 Å². The van der Waals surface area contributed by atoms with Crippen LogP contribution < -0.4 is 4.74 Å². The zero-order valence-corrected chi connectivity index (χ0v) is 27.6. The molecule has 7 heteroatoms. The van der Waals surface area contributed by atoms with Crippen LogP contribution in [0.1, 0.15) is 93.7 Å².